The predicted octanol–water partition coefficient (Wildman–Crippen LogP) is 1.44. The van der Waals surface area contributed by atoms with Gasteiger partial charge in [-0.3, -0.25) is 9.59 Å². The number of aromatic nitrogens is 8. The van der Waals surface area contributed by atoms with Gasteiger partial charge in [0.1, 0.15) is 17.7 Å². The molecule has 12 nitrogen and oxygen atoms in total. The number of amides is 2. The number of tetrazole rings is 1. The third-order valence-electron chi connectivity index (χ3n) is 5.16. The Kier molecular flexibility index (Phi) is 6.05. The Bertz CT molecular complexity index is 1550. The molecule has 36 heavy (non-hydrogen) atoms. The van der Waals surface area contributed by atoms with Gasteiger partial charge in [-0.25, -0.2) is 13.8 Å². The standard InChI is InChI=1S/C22H16F2N10O2/c23-15-6-3-13(7-16(15)24)10-25-20(35)17-8-18(34-22(29-17)27-11-28-34)21(36)26-9-12-1-4-14(5-2-12)19-30-32-33-31-19/h1-8,11H,9-10H2,(H,25,35)(H,26,36)(H,30,31,32,33). The Morgan fingerprint density at radius 2 is 1.67 bits per heavy atom. The minimum Gasteiger partial charge on any atom is -0.347 e. The van der Waals surface area contributed by atoms with E-state index in [1.807, 2.05) is 0 Å². The Hall–Kier alpha value is -5.14. The molecule has 0 unspecified atom stereocenters. The summed E-state index contributed by atoms with van der Waals surface area (Å²) in [6, 6.07) is 11.8. The highest BCUT2D eigenvalue weighted by molar-refractivity contribution is 5.98. The highest BCUT2D eigenvalue weighted by Gasteiger charge is 2.18. The van der Waals surface area contributed by atoms with Gasteiger partial charge in [0.2, 0.25) is 5.82 Å². The van der Waals surface area contributed by atoms with Gasteiger partial charge in [0.15, 0.2) is 11.6 Å². The molecule has 3 heterocycles. The number of hydrogen-bond donors (Lipinski definition) is 3. The van der Waals surface area contributed by atoms with Crippen molar-refractivity contribution in [1.29, 1.82) is 0 Å². The zero-order valence-electron chi connectivity index (χ0n) is 18.3. The van der Waals surface area contributed by atoms with Gasteiger partial charge in [-0.1, -0.05) is 30.3 Å². The lowest BCUT2D eigenvalue weighted by Crippen LogP contribution is -2.28. The molecule has 0 saturated heterocycles. The molecule has 0 aliphatic carbocycles. The van der Waals surface area contributed by atoms with Crippen LogP contribution in [0, 0.1) is 11.6 Å². The van der Waals surface area contributed by atoms with E-state index in [1.54, 1.807) is 24.3 Å². The van der Waals surface area contributed by atoms with Gasteiger partial charge >= 0.3 is 0 Å². The van der Waals surface area contributed by atoms with E-state index in [4.69, 9.17) is 0 Å². The number of fused-ring (bicyclic) bond motifs is 1. The molecule has 0 spiro atoms. The molecule has 0 atom stereocenters. The summed E-state index contributed by atoms with van der Waals surface area (Å²) < 4.78 is 27.7. The molecule has 180 valence electrons. The summed E-state index contributed by atoms with van der Waals surface area (Å²) >= 11 is 0. The van der Waals surface area contributed by atoms with E-state index in [0.29, 0.717) is 11.4 Å². The fourth-order valence-corrected chi connectivity index (χ4v) is 3.34. The first-order chi connectivity index (χ1) is 17.5. The molecule has 3 N–H and O–H groups in total. The lowest BCUT2D eigenvalue weighted by molar-refractivity contribution is 0.0942. The SMILES string of the molecule is O=C(NCc1ccc(F)c(F)c1)c1cc(C(=O)NCc2ccc(-c3nn[nH]n3)cc2)n2ncnc2n1. The van der Waals surface area contributed by atoms with Gasteiger partial charge < -0.3 is 10.6 Å². The second-order valence-electron chi connectivity index (χ2n) is 7.54. The summed E-state index contributed by atoms with van der Waals surface area (Å²) in [7, 11) is 0. The predicted molar refractivity (Wildman–Crippen MR) is 119 cm³/mol. The quantitative estimate of drug-likeness (QED) is 0.310. The van der Waals surface area contributed by atoms with Gasteiger partial charge in [0.25, 0.3) is 17.6 Å². The number of carbonyl (C=O) groups is 2. The Morgan fingerprint density at radius 3 is 2.42 bits per heavy atom. The minimum absolute atomic E-state index is 0.0406. The number of nitrogens with zero attached hydrogens (tertiary/aromatic N) is 7. The van der Waals surface area contributed by atoms with E-state index < -0.39 is 23.4 Å². The second kappa shape index (κ2) is 9.61. The lowest BCUT2D eigenvalue weighted by Gasteiger charge is -2.09. The maximum atomic E-state index is 13.4. The Morgan fingerprint density at radius 1 is 0.917 bits per heavy atom. The van der Waals surface area contributed by atoms with Crippen molar-refractivity contribution in [1.82, 2.24) is 50.8 Å². The van der Waals surface area contributed by atoms with E-state index in [0.717, 1.165) is 23.3 Å². The number of benzene rings is 2. The molecular weight excluding hydrogens is 474 g/mol. The first kappa shape index (κ1) is 22.6. The highest BCUT2D eigenvalue weighted by atomic mass is 19.2. The van der Waals surface area contributed by atoms with Gasteiger partial charge in [0.05, 0.1) is 0 Å². The average Bonchev–Trinajstić information content (AvgIpc) is 3.60. The largest absolute Gasteiger partial charge is 0.347 e. The number of nitrogens with one attached hydrogen (secondary N) is 3. The van der Waals surface area contributed by atoms with Crippen molar-refractivity contribution in [3.63, 3.8) is 0 Å². The zero-order chi connectivity index (χ0) is 25.1. The van der Waals surface area contributed by atoms with Crippen LogP contribution < -0.4 is 10.6 Å². The summed E-state index contributed by atoms with van der Waals surface area (Å²) in [4.78, 5) is 33.7. The van der Waals surface area contributed by atoms with Crippen molar-refractivity contribution in [3.8, 4) is 11.4 Å². The summed E-state index contributed by atoms with van der Waals surface area (Å²) in [5.41, 5.74) is 1.88. The van der Waals surface area contributed by atoms with Crippen molar-refractivity contribution >= 4 is 17.6 Å². The van der Waals surface area contributed by atoms with Crippen LogP contribution in [-0.2, 0) is 13.1 Å². The molecule has 0 saturated carbocycles. The molecular formula is C22H16F2N10O2. The van der Waals surface area contributed by atoms with Crippen molar-refractivity contribution in [2.45, 2.75) is 13.1 Å². The van der Waals surface area contributed by atoms with E-state index in [9.17, 15) is 18.4 Å². The van der Waals surface area contributed by atoms with Crippen LogP contribution in [0.3, 0.4) is 0 Å². The van der Waals surface area contributed by atoms with Crippen LogP contribution in [0.4, 0.5) is 8.78 Å². The summed E-state index contributed by atoms with van der Waals surface area (Å²) in [5, 5.41) is 23.1. The molecule has 0 aliphatic rings. The summed E-state index contributed by atoms with van der Waals surface area (Å²) in [6.45, 7) is 0.124. The van der Waals surface area contributed by atoms with E-state index in [2.05, 4.69) is 46.3 Å². The second-order valence-corrected chi connectivity index (χ2v) is 7.54. The molecule has 0 radical (unpaired) electrons. The van der Waals surface area contributed by atoms with Gasteiger partial charge in [0, 0.05) is 24.7 Å². The van der Waals surface area contributed by atoms with Crippen LogP contribution in [0.1, 0.15) is 32.1 Å². The smallest absolute Gasteiger partial charge is 0.270 e. The zero-order valence-corrected chi connectivity index (χ0v) is 18.3. The summed E-state index contributed by atoms with van der Waals surface area (Å²) in [6.07, 6.45) is 1.21. The van der Waals surface area contributed by atoms with Gasteiger partial charge in [-0.15, -0.1) is 10.2 Å². The van der Waals surface area contributed by atoms with Gasteiger partial charge in [-0.05, 0) is 28.5 Å². The number of halogens is 2. The first-order valence-electron chi connectivity index (χ1n) is 10.5. The van der Waals surface area contributed by atoms with Crippen LogP contribution in [0.25, 0.3) is 17.2 Å². The van der Waals surface area contributed by atoms with Crippen molar-refractivity contribution < 1.29 is 18.4 Å². The number of hydrogen-bond acceptors (Lipinski definition) is 8. The Balaban J connectivity index is 1.29. The van der Waals surface area contributed by atoms with Crippen LogP contribution in [0.2, 0.25) is 0 Å². The highest BCUT2D eigenvalue weighted by Crippen LogP contribution is 2.14. The van der Waals surface area contributed by atoms with Crippen LogP contribution in [0.15, 0.2) is 54.9 Å². The van der Waals surface area contributed by atoms with Gasteiger partial charge in [-0.2, -0.15) is 19.8 Å². The molecule has 0 bridgehead atoms. The fraction of sp³-hybridized carbons (Fsp3) is 0.0909. The first-order valence-corrected chi connectivity index (χ1v) is 10.5. The van der Waals surface area contributed by atoms with Crippen molar-refractivity contribution in [2.75, 3.05) is 0 Å². The number of carbonyl (C=O) groups excluding carboxylic acids is 2. The van der Waals surface area contributed by atoms with Crippen LogP contribution >= 0.6 is 0 Å². The third kappa shape index (κ3) is 4.72. The molecule has 0 fully saturated rings. The molecule has 5 rings (SSSR count). The maximum Gasteiger partial charge on any atom is 0.270 e. The minimum atomic E-state index is -1.02. The average molecular weight is 490 g/mol. The molecule has 5 aromatic rings. The lowest BCUT2D eigenvalue weighted by atomic mass is 10.1. The maximum absolute atomic E-state index is 13.4. The fourth-order valence-electron chi connectivity index (χ4n) is 3.34. The van der Waals surface area contributed by atoms with E-state index >= 15 is 0 Å². The number of aromatic amines is 1. The molecule has 2 amide bonds. The topological polar surface area (TPSA) is 156 Å². The van der Waals surface area contributed by atoms with Crippen LogP contribution in [0.5, 0.6) is 0 Å². The number of rotatable bonds is 7. The third-order valence-corrected chi connectivity index (χ3v) is 5.16. The molecule has 3 aromatic heterocycles. The molecule has 0 aliphatic heterocycles. The number of H-pyrrole nitrogens is 1. The molecule has 14 heteroatoms. The normalized spacial score (nSPS) is 10.9. The van der Waals surface area contributed by atoms with Crippen LogP contribution in [-0.4, -0.2) is 52.0 Å². The van der Waals surface area contributed by atoms with E-state index in [1.165, 1.54) is 23.0 Å². The van der Waals surface area contributed by atoms with E-state index in [-0.39, 0.29) is 30.3 Å². The van der Waals surface area contributed by atoms with Crippen molar-refractivity contribution in [3.05, 3.63) is 89.0 Å². The Labute approximate surface area is 200 Å². The molecule has 2 aromatic carbocycles. The monoisotopic (exact) mass is 490 g/mol. The summed E-state index contributed by atoms with van der Waals surface area (Å²) in [5.74, 6) is -2.65. The van der Waals surface area contributed by atoms with Crippen molar-refractivity contribution in [2.24, 2.45) is 0 Å².